The lowest BCUT2D eigenvalue weighted by Gasteiger charge is -2.24. The van der Waals surface area contributed by atoms with E-state index in [1.807, 2.05) is 21.1 Å². The monoisotopic (exact) mass is 572 g/mol. The molecule has 2 atom stereocenters. The average Bonchev–Trinajstić information content (AvgIpc) is 2.85. The fourth-order valence-corrected chi connectivity index (χ4v) is 3.04. The Hall–Kier alpha value is -2.98. The minimum atomic E-state index is -2.36. The molecule has 1 aromatic rings. The van der Waals surface area contributed by atoms with E-state index in [1.54, 1.807) is 0 Å². The number of nitrogens with zero attached hydrogens (tertiary/aromatic N) is 1. The number of ether oxygens (including phenoxy) is 1. The van der Waals surface area contributed by atoms with Gasteiger partial charge in [-0.3, -0.25) is 19.2 Å². The summed E-state index contributed by atoms with van der Waals surface area (Å²) in [5, 5.41) is 7.11. The summed E-state index contributed by atoms with van der Waals surface area (Å²) in [5.74, 6) is -14.4. The molecular formula is C22H31F5N5O5S+. The van der Waals surface area contributed by atoms with Gasteiger partial charge in [0.15, 0.2) is 23.3 Å². The maximum Gasteiger partial charge on any atom is 0.325 e. The molecular weight excluding hydrogens is 541 g/mol. The van der Waals surface area contributed by atoms with Gasteiger partial charge >= 0.3 is 5.97 Å². The van der Waals surface area contributed by atoms with Gasteiger partial charge in [0.2, 0.25) is 23.5 Å². The summed E-state index contributed by atoms with van der Waals surface area (Å²) in [5.41, 5.74) is 4.42. The van der Waals surface area contributed by atoms with Gasteiger partial charge in [0, 0.05) is 12.2 Å². The molecule has 16 heteroatoms. The van der Waals surface area contributed by atoms with Crippen LogP contribution >= 0.6 is 12.6 Å². The molecule has 0 aliphatic heterocycles. The molecule has 0 fully saturated rings. The van der Waals surface area contributed by atoms with Crippen LogP contribution in [0, 0.1) is 29.1 Å². The van der Waals surface area contributed by atoms with E-state index in [4.69, 9.17) is 5.73 Å². The van der Waals surface area contributed by atoms with Gasteiger partial charge in [-0.2, -0.15) is 12.6 Å². The van der Waals surface area contributed by atoms with Crippen molar-refractivity contribution in [2.75, 3.05) is 46.5 Å². The molecule has 38 heavy (non-hydrogen) atoms. The molecule has 10 nitrogen and oxygen atoms in total. The molecule has 2 unspecified atom stereocenters. The summed E-state index contributed by atoms with van der Waals surface area (Å²) in [6.07, 6.45) is -0.196. The van der Waals surface area contributed by atoms with Crippen LogP contribution in [-0.2, 0) is 30.5 Å². The fourth-order valence-electron chi connectivity index (χ4n) is 2.79. The van der Waals surface area contributed by atoms with E-state index in [2.05, 4.69) is 33.3 Å². The Morgan fingerprint density at radius 1 is 0.921 bits per heavy atom. The minimum Gasteiger partial charge on any atom is -0.459 e. The van der Waals surface area contributed by atoms with Crippen LogP contribution < -0.4 is 21.7 Å². The van der Waals surface area contributed by atoms with Gasteiger partial charge in [0.1, 0.15) is 19.2 Å². The molecule has 5 N–H and O–H groups in total. The number of amides is 3. The third-order valence-electron chi connectivity index (χ3n) is 5.02. The van der Waals surface area contributed by atoms with Crippen molar-refractivity contribution in [1.29, 1.82) is 0 Å². The molecule has 3 amide bonds. The number of quaternary nitrogens is 1. The third-order valence-corrected chi connectivity index (χ3v) is 5.39. The lowest BCUT2D eigenvalue weighted by molar-refractivity contribution is -0.869. The Morgan fingerprint density at radius 2 is 1.47 bits per heavy atom. The summed E-state index contributed by atoms with van der Waals surface area (Å²) in [6, 6.07) is -2.16. The van der Waals surface area contributed by atoms with Gasteiger partial charge < -0.3 is 30.9 Å². The van der Waals surface area contributed by atoms with Crippen molar-refractivity contribution in [3.8, 4) is 0 Å². The number of rotatable bonds is 14. The standard InChI is InChI=1S/C22H30F5N5O5S/c1-32(2,3)7-6-29-21(35)12(28)4-5-14(33)31-13(10-38)22(36)30-8-15(34)37-9-11-16(23)18(25)20(27)19(26)17(11)24/h12-13H,4-10,28H2,1-3H3,(H3-,29,30,31,33,35,36,38)/p+1. The highest BCUT2D eigenvalue weighted by Crippen LogP contribution is 2.23. The number of carbonyl (C=O) groups excluding carboxylic acids is 4. The van der Waals surface area contributed by atoms with Crippen LogP contribution in [0.15, 0.2) is 0 Å². The van der Waals surface area contributed by atoms with E-state index < -0.39 is 83.6 Å². The van der Waals surface area contributed by atoms with E-state index >= 15 is 0 Å². The van der Waals surface area contributed by atoms with Gasteiger partial charge in [-0.05, 0) is 6.42 Å². The van der Waals surface area contributed by atoms with Crippen LogP contribution in [0.4, 0.5) is 22.0 Å². The largest absolute Gasteiger partial charge is 0.459 e. The Labute approximate surface area is 221 Å². The number of hydrogen-bond donors (Lipinski definition) is 5. The van der Waals surface area contributed by atoms with E-state index in [-0.39, 0.29) is 18.6 Å². The van der Waals surface area contributed by atoms with Gasteiger partial charge in [0.25, 0.3) is 0 Å². The predicted molar refractivity (Wildman–Crippen MR) is 128 cm³/mol. The number of thiol groups is 1. The quantitative estimate of drug-likeness (QED) is 0.0527. The van der Waals surface area contributed by atoms with Crippen LogP contribution in [0.5, 0.6) is 0 Å². The smallest absolute Gasteiger partial charge is 0.325 e. The van der Waals surface area contributed by atoms with Crippen molar-refractivity contribution in [1.82, 2.24) is 16.0 Å². The number of likely N-dealkylation sites (N-methyl/N-ethyl adjacent to an activating group) is 1. The Morgan fingerprint density at radius 3 is 2.00 bits per heavy atom. The first-order valence-electron chi connectivity index (χ1n) is 11.3. The van der Waals surface area contributed by atoms with Gasteiger partial charge in [0.05, 0.1) is 45.8 Å². The van der Waals surface area contributed by atoms with Crippen molar-refractivity contribution in [3.05, 3.63) is 34.6 Å². The second kappa shape index (κ2) is 14.8. The summed E-state index contributed by atoms with van der Waals surface area (Å²) in [4.78, 5) is 48.2. The lowest BCUT2D eigenvalue weighted by Crippen LogP contribution is -2.50. The van der Waals surface area contributed by atoms with Crippen molar-refractivity contribution >= 4 is 36.3 Å². The normalized spacial score (nSPS) is 12.9. The average molecular weight is 573 g/mol. The predicted octanol–water partition coefficient (Wildman–Crippen LogP) is -0.114. The topological polar surface area (TPSA) is 140 Å². The van der Waals surface area contributed by atoms with Crippen LogP contribution in [0.25, 0.3) is 0 Å². The molecule has 0 aromatic heterocycles. The first-order valence-corrected chi connectivity index (χ1v) is 11.9. The van der Waals surface area contributed by atoms with Crippen molar-refractivity contribution in [3.63, 3.8) is 0 Å². The third kappa shape index (κ3) is 10.4. The molecule has 0 heterocycles. The highest BCUT2D eigenvalue weighted by Gasteiger charge is 2.27. The van der Waals surface area contributed by atoms with E-state index in [9.17, 15) is 41.1 Å². The molecule has 0 saturated carbocycles. The van der Waals surface area contributed by atoms with Crippen LogP contribution in [-0.4, -0.2) is 86.8 Å². The summed E-state index contributed by atoms with van der Waals surface area (Å²) >= 11 is 3.95. The van der Waals surface area contributed by atoms with Crippen LogP contribution in [0.3, 0.4) is 0 Å². The number of hydrogen-bond acceptors (Lipinski definition) is 7. The molecule has 0 bridgehead atoms. The molecule has 214 valence electrons. The van der Waals surface area contributed by atoms with Crippen LogP contribution in [0.1, 0.15) is 18.4 Å². The fraction of sp³-hybridized carbons (Fsp3) is 0.545. The van der Waals surface area contributed by atoms with Crippen molar-refractivity contribution in [2.24, 2.45) is 5.73 Å². The number of carbonyl (C=O) groups is 4. The zero-order valence-electron chi connectivity index (χ0n) is 21.0. The van der Waals surface area contributed by atoms with E-state index in [0.29, 0.717) is 17.6 Å². The number of esters is 1. The second-order valence-corrected chi connectivity index (χ2v) is 9.54. The molecule has 0 aliphatic carbocycles. The Bertz CT molecular complexity index is 1010. The molecule has 1 rings (SSSR count). The first kappa shape index (κ1) is 33.0. The summed E-state index contributed by atoms with van der Waals surface area (Å²) < 4.78 is 71.9. The van der Waals surface area contributed by atoms with E-state index in [1.165, 1.54) is 0 Å². The minimum absolute atomic E-state index is 0.00697. The van der Waals surface area contributed by atoms with Gasteiger partial charge in [-0.25, -0.2) is 22.0 Å². The van der Waals surface area contributed by atoms with Crippen LogP contribution in [0.2, 0.25) is 0 Å². The second-order valence-electron chi connectivity index (χ2n) is 9.18. The first-order chi connectivity index (χ1) is 17.6. The molecule has 0 spiro atoms. The number of nitrogens with two attached hydrogens (primary N) is 1. The molecule has 0 radical (unpaired) electrons. The Balaban J connectivity index is 2.49. The zero-order chi connectivity index (χ0) is 29.2. The SMILES string of the molecule is C[N+](C)(C)CCNC(=O)C(N)CCC(=O)NC(CS)C(=O)NCC(=O)OCc1c(F)c(F)c(F)c(F)c1F. The van der Waals surface area contributed by atoms with Crippen molar-refractivity contribution in [2.45, 2.75) is 31.5 Å². The lowest BCUT2D eigenvalue weighted by atomic mass is 10.1. The maximum atomic E-state index is 13.6. The maximum absolute atomic E-state index is 13.6. The van der Waals surface area contributed by atoms with E-state index in [0.717, 1.165) is 0 Å². The summed E-state index contributed by atoms with van der Waals surface area (Å²) in [6.45, 7) is -1.06. The van der Waals surface area contributed by atoms with Gasteiger partial charge in [-0.1, -0.05) is 0 Å². The Kier molecular flexibility index (Phi) is 12.9. The zero-order valence-corrected chi connectivity index (χ0v) is 21.9. The van der Waals surface area contributed by atoms with Gasteiger partial charge in [-0.15, -0.1) is 0 Å². The number of nitrogens with one attached hydrogen (secondary N) is 3. The highest BCUT2D eigenvalue weighted by atomic mass is 32.1. The van der Waals surface area contributed by atoms with Crippen molar-refractivity contribution < 1.29 is 50.4 Å². The molecule has 0 saturated heterocycles. The highest BCUT2D eigenvalue weighted by molar-refractivity contribution is 7.80. The number of halogens is 5. The number of benzene rings is 1. The molecule has 1 aromatic carbocycles. The molecule has 0 aliphatic rings. The summed E-state index contributed by atoms with van der Waals surface area (Å²) in [7, 11) is 5.86.